The number of hydrogen-bond donors (Lipinski definition) is 1. The fraction of sp³-hybridized carbons (Fsp3) is 0.500. The fourth-order valence-electron chi connectivity index (χ4n) is 2.41. The summed E-state index contributed by atoms with van der Waals surface area (Å²) >= 11 is 5.96. The van der Waals surface area contributed by atoms with Crippen molar-refractivity contribution in [3.05, 3.63) is 33.3 Å². The van der Waals surface area contributed by atoms with Gasteiger partial charge in [0, 0.05) is 12.1 Å². The maximum atomic E-state index is 10.6. The molecule has 7 nitrogen and oxygen atoms in total. The van der Waals surface area contributed by atoms with E-state index in [4.69, 9.17) is 25.8 Å². The number of rotatable bonds is 3. The minimum absolute atomic E-state index is 0.101. The molecule has 0 saturated carbocycles. The quantitative estimate of drug-likeness (QED) is 0.665. The molecule has 8 heteroatoms. The van der Waals surface area contributed by atoms with Crippen molar-refractivity contribution in [2.75, 3.05) is 13.2 Å². The molecule has 2 heterocycles. The minimum Gasteiger partial charge on any atom is -0.484 e. The summed E-state index contributed by atoms with van der Waals surface area (Å²) in [6.45, 7) is 0.489. The molecule has 2 saturated heterocycles. The van der Waals surface area contributed by atoms with Crippen LogP contribution in [0.5, 0.6) is 5.75 Å². The molecular weight excluding hydrogens is 290 g/mol. The zero-order chi connectivity index (χ0) is 14.3. The Kier molecular flexibility index (Phi) is 3.51. The van der Waals surface area contributed by atoms with Gasteiger partial charge in [-0.15, -0.1) is 0 Å². The number of benzene rings is 1. The van der Waals surface area contributed by atoms with Crippen molar-refractivity contribution in [3.8, 4) is 5.75 Å². The van der Waals surface area contributed by atoms with Gasteiger partial charge in [0.05, 0.1) is 23.2 Å². The molecule has 0 radical (unpaired) electrons. The van der Waals surface area contributed by atoms with Gasteiger partial charge >= 0.3 is 0 Å². The summed E-state index contributed by atoms with van der Waals surface area (Å²) in [6, 6.07) is 3.99. The van der Waals surface area contributed by atoms with Crippen molar-refractivity contribution in [2.24, 2.45) is 0 Å². The Bertz CT molecular complexity index is 539. The van der Waals surface area contributed by atoms with Gasteiger partial charge in [0.15, 0.2) is 6.10 Å². The van der Waals surface area contributed by atoms with Gasteiger partial charge in [0.2, 0.25) is 0 Å². The van der Waals surface area contributed by atoms with E-state index in [0.29, 0.717) is 5.75 Å². The van der Waals surface area contributed by atoms with E-state index in [2.05, 4.69) is 0 Å². The Hall–Kier alpha value is -1.41. The largest absolute Gasteiger partial charge is 0.484 e. The topological polar surface area (TPSA) is 91.1 Å². The number of nitro benzene ring substituents is 1. The summed E-state index contributed by atoms with van der Waals surface area (Å²) in [5, 5.41) is 20.4. The highest BCUT2D eigenvalue weighted by Crippen LogP contribution is 2.34. The first kappa shape index (κ1) is 13.6. The van der Waals surface area contributed by atoms with Crippen molar-refractivity contribution >= 4 is 17.3 Å². The molecule has 108 valence electrons. The molecule has 0 spiro atoms. The van der Waals surface area contributed by atoms with Crippen LogP contribution in [0.15, 0.2) is 18.2 Å². The van der Waals surface area contributed by atoms with E-state index >= 15 is 0 Å². The van der Waals surface area contributed by atoms with Crippen LogP contribution in [0, 0.1) is 10.1 Å². The molecule has 2 fully saturated rings. The summed E-state index contributed by atoms with van der Waals surface area (Å²) in [7, 11) is 0. The van der Waals surface area contributed by atoms with Crippen LogP contribution in [0.1, 0.15) is 0 Å². The molecule has 1 unspecified atom stereocenters. The number of ether oxygens (including phenoxy) is 3. The lowest BCUT2D eigenvalue weighted by atomic mass is 10.1. The second-order valence-electron chi connectivity index (χ2n) is 4.69. The monoisotopic (exact) mass is 301 g/mol. The van der Waals surface area contributed by atoms with Crippen LogP contribution < -0.4 is 4.74 Å². The number of halogens is 1. The highest BCUT2D eigenvalue weighted by Gasteiger charge is 2.48. The first-order chi connectivity index (χ1) is 9.56. The standard InChI is InChI=1S/C12H12ClNO6/c13-7-3-6(14(16)17)1-2-9(7)20-10-5-19-11-8(15)4-18-12(10)11/h1-3,8,10-12,15H,4-5H2/t8-,10?,11+,12+/m0/s1. The Morgan fingerprint density at radius 3 is 2.80 bits per heavy atom. The molecule has 2 aliphatic rings. The van der Waals surface area contributed by atoms with E-state index in [-0.39, 0.29) is 30.0 Å². The Morgan fingerprint density at radius 2 is 2.10 bits per heavy atom. The number of aliphatic hydroxyl groups is 1. The highest BCUT2D eigenvalue weighted by molar-refractivity contribution is 6.32. The second kappa shape index (κ2) is 5.17. The Balaban J connectivity index is 1.74. The minimum atomic E-state index is -0.652. The first-order valence-corrected chi connectivity index (χ1v) is 6.46. The smallest absolute Gasteiger partial charge is 0.271 e. The van der Waals surface area contributed by atoms with Gasteiger partial charge in [0.1, 0.15) is 24.1 Å². The molecule has 20 heavy (non-hydrogen) atoms. The summed E-state index contributed by atoms with van der Waals surface area (Å²) < 4.78 is 16.5. The van der Waals surface area contributed by atoms with Gasteiger partial charge in [-0.05, 0) is 6.07 Å². The lowest BCUT2D eigenvalue weighted by Crippen LogP contribution is -2.34. The van der Waals surface area contributed by atoms with Crippen molar-refractivity contribution in [2.45, 2.75) is 24.4 Å². The average molecular weight is 302 g/mol. The van der Waals surface area contributed by atoms with E-state index in [9.17, 15) is 15.2 Å². The van der Waals surface area contributed by atoms with Gasteiger partial charge < -0.3 is 19.3 Å². The van der Waals surface area contributed by atoms with Crippen LogP contribution in [0.4, 0.5) is 5.69 Å². The molecule has 0 aromatic heterocycles. The highest BCUT2D eigenvalue weighted by atomic mass is 35.5. The number of non-ortho nitro benzene ring substituents is 1. The molecule has 3 rings (SSSR count). The van der Waals surface area contributed by atoms with Crippen LogP contribution in [0.25, 0.3) is 0 Å². The zero-order valence-corrected chi connectivity index (χ0v) is 11.0. The third-order valence-corrected chi connectivity index (χ3v) is 3.68. The SMILES string of the molecule is O=[N+]([O-])c1ccc(OC2CO[C@H]3[C@@H]2OC[C@@H]3O)c(Cl)c1. The number of nitro groups is 1. The maximum Gasteiger partial charge on any atom is 0.271 e. The Labute approximate surface area is 119 Å². The first-order valence-electron chi connectivity index (χ1n) is 6.08. The third kappa shape index (κ3) is 2.33. The predicted octanol–water partition coefficient (Wildman–Crippen LogP) is 1.15. The number of nitrogens with zero attached hydrogens (tertiary/aromatic N) is 1. The summed E-state index contributed by atoms with van der Waals surface area (Å²) in [4.78, 5) is 10.1. The number of hydrogen-bond acceptors (Lipinski definition) is 6. The summed E-state index contributed by atoms with van der Waals surface area (Å²) in [6.07, 6.45) is -1.79. The van der Waals surface area contributed by atoms with Crippen molar-refractivity contribution < 1.29 is 24.2 Å². The normalized spacial score (nSPS) is 32.1. The second-order valence-corrected chi connectivity index (χ2v) is 5.10. The molecular formula is C12H12ClNO6. The van der Waals surface area contributed by atoms with Crippen molar-refractivity contribution in [3.63, 3.8) is 0 Å². The molecule has 1 N–H and O–H groups in total. The van der Waals surface area contributed by atoms with Gasteiger partial charge in [0.25, 0.3) is 5.69 Å². The zero-order valence-electron chi connectivity index (χ0n) is 10.3. The van der Waals surface area contributed by atoms with E-state index in [1.165, 1.54) is 18.2 Å². The molecule has 4 atom stereocenters. The van der Waals surface area contributed by atoms with Gasteiger partial charge in [-0.1, -0.05) is 11.6 Å². The molecule has 0 amide bonds. The van der Waals surface area contributed by atoms with Gasteiger partial charge in [-0.2, -0.15) is 0 Å². The van der Waals surface area contributed by atoms with E-state index in [0.717, 1.165) is 0 Å². The van der Waals surface area contributed by atoms with Crippen molar-refractivity contribution in [1.29, 1.82) is 0 Å². The molecule has 1 aromatic carbocycles. The van der Waals surface area contributed by atoms with Gasteiger partial charge in [-0.25, -0.2) is 0 Å². The van der Waals surface area contributed by atoms with Crippen LogP contribution in [0.3, 0.4) is 0 Å². The number of fused-ring (bicyclic) bond motifs is 1. The summed E-state index contributed by atoms with van der Waals surface area (Å²) in [5.41, 5.74) is -0.101. The molecule has 2 aliphatic heterocycles. The number of aliphatic hydroxyl groups excluding tert-OH is 1. The van der Waals surface area contributed by atoms with Crippen LogP contribution >= 0.6 is 11.6 Å². The van der Waals surface area contributed by atoms with E-state index < -0.39 is 23.2 Å². The molecule has 0 bridgehead atoms. The predicted molar refractivity (Wildman–Crippen MR) is 68.0 cm³/mol. The fourth-order valence-corrected chi connectivity index (χ4v) is 2.63. The van der Waals surface area contributed by atoms with Gasteiger partial charge in [-0.3, -0.25) is 10.1 Å². The lowest BCUT2D eigenvalue weighted by molar-refractivity contribution is -0.384. The Morgan fingerprint density at radius 1 is 1.35 bits per heavy atom. The van der Waals surface area contributed by atoms with E-state index in [1.807, 2.05) is 0 Å². The molecule has 1 aromatic rings. The maximum absolute atomic E-state index is 10.6. The summed E-state index contributed by atoms with van der Waals surface area (Å²) in [5.74, 6) is 0.330. The van der Waals surface area contributed by atoms with Crippen LogP contribution in [-0.4, -0.2) is 47.7 Å². The third-order valence-electron chi connectivity index (χ3n) is 3.39. The lowest BCUT2D eigenvalue weighted by Gasteiger charge is -2.18. The average Bonchev–Trinajstić information content (AvgIpc) is 2.96. The van der Waals surface area contributed by atoms with Crippen molar-refractivity contribution in [1.82, 2.24) is 0 Å². The van der Waals surface area contributed by atoms with Crippen LogP contribution in [0.2, 0.25) is 5.02 Å². The van der Waals surface area contributed by atoms with Crippen LogP contribution in [-0.2, 0) is 9.47 Å². The van der Waals surface area contributed by atoms with E-state index in [1.54, 1.807) is 0 Å². The molecule has 0 aliphatic carbocycles.